The number of carbonyl (C=O) groups is 1. The first-order chi connectivity index (χ1) is 12.4. The van der Waals surface area contributed by atoms with Crippen LogP contribution in [-0.2, 0) is 15.7 Å². The van der Waals surface area contributed by atoms with E-state index in [0.717, 1.165) is 25.0 Å². The van der Waals surface area contributed by atoms with E-state index in [1.165, 1.54) is 18.4 Å². The minimum Gasteiger partial charge on any atom is -0.444 e. The van der Waals surface area contributed by atoms with Crippen LogP contribution >= 0.6 is 0 Å². The number of amides is 1. The quantitative estimate of drug-likeness (QED) is 0.685. The van der Waals surface area contributed by atoms with E-state index < -0.39 is 16.6 Å². The predicted molar refractivity (Wildman–Crippen MR) is 110 cm³/mol. The second kappa shape index (κ2) is 7.02. The van der Waals surface area contributed by atoms with Crippen LogP contribution in [0.2, 0.25) is 0 Å². The number of nitrogens with zero attached hydrogens (tertiary/aromatic N) is 2. The lowest BCUT2D eigenvalue weighted by atomic mass is 9.74. The molecule has 152 valence electrons. The molecule has 1 saturated heterocycles. The number of rotatable bonds is 2. The summed E-state index contributed by atoms with van der Waals surface area (Å²) in [6, 6.07) is 0. The summed E-state index contributed by atoms with van der Waals surface area (Å²) in [5.74, 6) is 0.601. The SMILES string of the molecule is CC(C)(C)OC(=O)N1CCC2(CC=C(C3CC3)/C2=N\[S@](=O)C(C)(C)C)CC1. The van der Waals surface area contributed by atoms with Gasteiger partial charge in [-0.05, 0) is 85.1 Å². The summed E-state index contributed by atoms with van der Waals surface area (Å²) in [6.45, 7) is 12.9. The average molecular weight is 395 g/mol. The van der Waals surface area contributed by atoms with Crippen LogP contribution in [0.4, 0.5) is 4.79 Å². The van der Waals surface area contributed by atoms with Crippen LogP contribution in [0, 0.1) is 11.3 Å². The highest BCUT2D eigenvalue weighted by Crippen LogP contribution is 2.51. The summed E-state index contributed by atoms with van der Waals surface area (Å²) < 4.78 is 22.7. The zero-order valence-corrected chi connectivity index (χ0v) is 18.4. The molecule has 2 aliphatic carbocycles. The minimum atomic E-state index is -1.25. The number of carbonyl (C=O) groups excluding carboxylic acids is 1. The lowest BCUT2D eigenvalue weighted by Crippen LogP contribution is -2.47. The van der Waals surface area contributed by atoms with Crippen LogP contribution in [0.15, 0.2) is 16.0 Å². The number of hydrogen-bond acceptors (Lipinski definition) is 3. The zero-order valence-electron chi connectivity index (χ0n) is 17.6. The fraction of sp³-hybridized carbons (Fsp3) is 0.810. The minimum absolute atomic E-state index is 0.0582. The Morgan fingerprint density at radius 1 is 1.19 bits per heavy atom. The van der Waals surface area contributed by atoms with Crippen molar-refractivity contribution in [3.8, 4) is 0 Å². The van der Waals surface area contributed by atoms with Crippen LogP contribution in [0.3, 0.4) is 0 Å². The summed E-state index contributed by atoms with van der Waals surface area (Å²) in [7, 11) is -1.25. The van der Waals surface area contributed by atoms with Crippen molar-refractivity contribution in [2.75, 3.05) is 13.1 Å². The van der Waals surface area contributed by atoms with Crippen molar-refractivity contribution in [3.63, 3.8) is 0 Å². The van der Waals surface area contributed by atoms with E-state index in [1.807, 2.05) is 46.4 Å². The molecule has 1 aliphatic heterocycles. The molecule has 2 fully saturated rings. The molecule has 0 radical (unpaired) electrons. The Morgan fingerprint density at radius 2 is 1.78 bits per heavy atom. The molecule has 6 heteroatoms. The molecule has 27 heavy (non-hydrogen) atoms. The van der Waals surface area contributed by atoms with Gasteiger partial charge in [0.25, 0.3) is 0 Å². The van der Waals surface area contributed by atoms with Gasteiger partial charge in [-0.15, -0.1) is 0 Å². The van der Waals surface area contributed by atoms with Crippen molar-refractivity contribution < 1.29 is 13.7 Å². The van der Waals surface area contributed by atoms with Crippen LogP contribution < -0.4 is 0 Å². The molecule has 1 atom stereocenters. The maximum atomic E-state index is 12.8. The average Bonchev–Trinajstić information content (AvgIpc) is 3.32. The largest absolute Gasteiger partial charge is 0.444 e. The first-order valence-corrected chi connectivity index (χ1v) is 11.2. The molecule has 1 amide bonds. The number of ether oxygens (including phenoxy) is 1. The van der Waals surface area contributed by atoms with Crippen molar-refractivity contribution in [2.45, 2.75) is 84.0 Å². The summed E-state index contributed by atoms with van der Waals surface area (Å²) in [6.07, 6.45) is 7.21. The van der Waals surface area contributed by atoms with Crippen molar-refractivity contribution in [2.24, 2.45) is 15.7 Å². The molecule has 5 nitrogen and oxygen atoms in total. The Hall–Kier alpha value is -1.17. The molecular weight excluding hydrogens is 360 g/mol. The number of hydrogen-bond donors (Lipinski definition) is 0. The van der Waals surface area contributed by atoms with Gasteiger partial charge in [0, 0.05) is 18.5 Å². The Balaban J connectivity index is 1.76. The van der Waals surface area contributed by atoms with Gasteiger partial charge < -0.3 is 9.64 Å². The van der Waals surface area contributed by atoms with E-state index in [0.29, 0.717) is 19.0 Å². The highest BCUT2D eigenvalue weighted by molar-refractivity contribution is 7.85. The highest BCUT2D eigenvalue weighted by atomic mass is 32.2. The van der Waals surface area contributed by atoms with Gasteiger partial charge in [0.15, 0.2) is 0 Å². The Bertz CT molecular complexity index is 685. The van der Waals surface area contributed by atoms with Gasteiger partial charge in [-0.2, -0.15) is 4.40 Å². The third-order valence-corrected chi connectivity index (χ3v) is 6.97. The second-order valence-electron chi connectivity index (χ2n) is 10.2. The molecule has 1 saturated carbocycles. The molecule has 1 spiro atoms. The van der Waals surface area contributed by atoms with E-state index in [1.54, 1.807) is 0 Å². The van der Waals surface area contributed by atoms with Gasteiger partial charge in [0.2, 0.25) is 0 Å². The van der Waals surface area contributed by atoms with Gasteiger partial charge in [-0.3, -0.25) is 0 Å². The van der Waals surface area contributed by atoms with E-state index in [4.69, 9.17) is 9.13 Å². The highest BCUT2D eigenvalue weighted by Gasteiger charge is 2.48. The van der Waals surface area contributed by atoms with E-state index >= 15 is 0 Å². The molecule has 0 aromatic rings. The molecule has 3 rings (SSSR count). The molecular formula is C21H34N2O3S. The molecule has 0 aromatic carbocycles. The maximum absolute atomic E-state index is 12.8. The van der Waals surface area contributed by atoms with Crippen LogP contribution in [-0.4, -0.2) is 44.4 Å². The van der Waals surface area contributed by atoms with Crippen LogP contribution in [0.1, 0.15) is 73.6 Å². The zero-order chi connectivity index (χ0) is 20.0. The van der Waals surface area contributed by atoms with Gasteiger partial charge in [0.05, 0.1) is 10.5 Å². The summed E-state index contributed by atoms with van der Waals surface area (Å²) in [5, 5.41) is 0. The number of piperidine rings is 1. The van der Waals surface area contributed by atoms with E-state index in [2.05, 4.69) is 6.08 Å². The lowest BCUT2D eigenvalue weighted by Gasteiger charge is -2.40. The Morgan fingerprint density at radius 3 is 2.26 bits per heavy atom. The Labute approximate surface area is 166 Å². The third-order valence-electron chi connectivity index (χ3n) is 5.58. The number of likely N-dealkylation sites (tertiary alicyclic amines) is 1. The topological polar surface area (TPSA) is 59.0 Å². The maximum Gasteiger partial charge on any atom is 0.410 e. The molecule has 0 N–H and O–H groups in total. The normalized spacial score (nSPS) is 25.6. The van der Waals surface area contributed by atoms with E-state index in [-0.39, 0.29) is 16.3 Å². The second-order valence-corrected chi connectivity index (χ2v) is 12.1. The van der Waals surface area contributed by atoms with Gasteiger partial charge in [-0.25, -0.2) is 9.00 Å². The van der Waals surface area contributed by atoms with E-state index in [9.17, 15) is 9.00 Å². The van der Waals surface area contributed by atoms with Crippen LogP contribution in [0.5, 0.6) is 0 Å². The first-order valence-electron chi connectivity index (χ1n) is 10.1. The third kappa shape index (κ3) is 4.64. The lowest BCUT2D eigenvalue weighted by molar-refractivity contribution is 0.0160. The predicted octanol–water partition coefficient (Wildman–Crippen LogP) is 4.65. The fourth-order valence-electron chi connectivity index (χ4n) is 3.81. The fourth-order valence-corrected chi connectivity index (χ4v) is 4.55. The molecule has 0 unspecified atom stereocenters. The van der Waals surface area contributed by atoms with Crippen LogP contribution in [0.25, 0.3) is 0 Å². The van der Waals surface area contributed by atoms with Gasteiger partial charge in [-0.1, -0.05) is 6.08 Å². The summed E-state index contributed by atoms with van der Waals surface area (Å²) in [5.41, 5.74) is 1.87. The summed E-state index contributed by atoms with van der Waals surface area (Å²) >= 11 is 0. The number of allylic oxidation sites excluding steroid dienone is 2. The smallest absolute Gasteiger partial charge is 0.410 e. The van der Waals surface area contributed by atoms with Crippen molar-refractivity contribution >= 4 is 22.8 Å². The molecule has 3 aliphatic rings. The summed E-state index contributed by atoms with van der Waals surface area (Å²) in [4.78, 5) is 14.2. The Kier molecular flexibility index (Phi) is 5.34. The first kappa shape index (κ1) is 20.6. The molecule has 0 aromatic heterocycles. The monoisotopic (exact) mass is 394 g/mol. The standard InChI is InChI=1S/C21H34N2O3S/c1-19(2,3)26-18(24)23-13-11-21(12-14-23)10-9-16(15-7-8-15)17(21)22-27(25)20(4,5)6/h9,15H,7-8,10-14H2,1-6H3/b22-17+/t27-/m1/s1. The molecule has 0 bridgehead atoms. The van der Waals surface area contributed by atoms with Gasteiger partial charge in [0.1, 0.15) is 16.6 Å². The van der Waals surface area contributed by atoms with Crippen molar-refractivity contribution in [1.82, 2.24) is 4.90 Å². The van der Waals surface area contributed by atoms with Gasteiger partial charge >= 0.3 is 6.09 Å². The molecule has 1 heterocycles. The van der Waals surface area contributed by atoms with Crippen molar-refractivity contribution in [1.29, 1.82) is 0 Å². The van der Waals surface area contributed by atoms with Crippen molar-refractivity contribution in [3.05, 3.63) is 11.6 Å².